The Labute approximate surface area is 236 Å². The standard InChI is InChI=1S/C25H19IN2O8S2/c1-15-3-5-16(6-4-15)14-27-24(29)22(37-25(27)30)13-17-11-20(26)23(21(12-17)35-2)36-38(33,34)19-9-7-18(8-10-19)28(31)32/h3-13H,14H2,1-2H3/b22-13-. The first-order valence-corrected chi connectivity index (χ1v) is 14.2. The van der Waals surface area contributed by atoms with E-state index in [-0.39, 0.29) is 33.5 Å². The van der Waals surface area contributed by atoms with Crippen LogP contribution in [0.1, 0.15) is 16.7 Å². The van der Waals surface area contributed by atoms with E-state index in [0.29, 0.717) is 9.13 Å². The van der Waals surface area contributed by atoms with E-state index in [4.69, 9.17) is 8.92 Å². The van der Waals surface area contributed by atoms with Crippen LogP contribution in [0, 0.1) is 20.6 Å². The lowest BCUT2D eigenvalue weighted by Gasteiger charge is -2.14. The third-order valence-electron chi connectivity index (χ3n) is 5.41. The first-order chi connectivity index (χ1) is 18.0. The number of hydrogen-bond donors (Lipinski definition) is 0. The number of nitrogens with zero attached hydrogens (tertiary/aromatic N) is 2. The van der Waals surface area contributed by atoms with Gasteiger partial charge in [-0.2, -0.15) is 8.42 Å². The molecule has 1 heterocycles. The summed E-state index contributed by atoms with van der Waals surface area (Å²) in [5.74, 6) is -0.445. The number of imide groups is 1. The van der Waals surface area contributed by atoms with Gasteiger partial charge in [0.1, 0.15) is 4.90 Å². The minimum absolute atomic E-state index is 0.0764. The van der Waals surface area contributed by atoms with Crippen LogP contribution in [0.2, 0.25) is 0 Å². The van der Waals surface area contributed by atoms with Crippen molar-refractivity contribution in [3.8, 4) is 11.5 Å². The summed E-state index contributed by atoms with van der Waals surface area (Å²) in [7, 11) is -3.00. The van der Waals surface area contributed by atoms with Crippen LogP contribution in [0.4, 0.5) is 10.5 Å². The molecule has 1 saturated heterocycles. The Balaban J connectivity index is 1.58. The predicted octanol–water partition coefficient (Wildman–Crippen LogP) is 5.52. The first-order valence-electron chi connectivity index (χ1n) is 10.9. The number of carbonyl (C=O) groups excluding carboxylic acids is 2. The molecule has 0 N–H and O–H groups in total. The minimum Gasteiger partial charge on any atom is -0.493 e. The summed E-state index contributed by atoms with van der Waals surface area (Å²) in [5.41, 5.74) is 2.13. The molecule has 38 heavy (non-hydrogen) atoms. The van der Waals surface area contributed by atoms with E-state index >= 15 is 0 Å². The zero-order valence-corrected chi connectivity index (χ0v) is 23.7. The fourth-order valence-electron chi connectivity index (χ4n) is 3.46. The average Bonchev–Trinajstić information content (AvgIpc) is 3.13. The molecule has 3 aromatic rings. The molecular formula is C25H19IN2O8S2. The Bertz CT molecular complexity index is 1570. The SMILES string of the molecule is COc1cc(/C=C2\SC(=O)N(Cc3ccc(C)cc3)C2=O)cc(I)c1OS(=O)(=O)c1ccc([N+](=O)[O-])cc1. The van der Waals surface area contributed by atoms with Gasteiger partial charge >= 0.3 is 10.1 Å². The Kier molecular flexibility index (Phi) is 8.08. The van der Waals surface area contributed by atoms with E-state index < -0.39 is 26.2 Å². The van der Waals surface area contributed by atoms with Crippen molar-refractivity contribution in [2.24, 2.45) is 0 Å². The molecule has 0 spiro atoms. The molecule has 0 saturated carbocycles. The van der Waals surface area contributed by atoms with Crippen molar-refractivity contribution in [2.75, 3.05) is 7.11 Å². The number of ether oxygens (including phenoxy) is 1. The number of benzene rings is 3. The maximum atomic E-state index is 12.9. The van der Waals surface area contributed by atoms with Crippen LogP contribution in [0.25, 0.3) is 6.08 Å². The quantitative estimate of drug-likeness (QED) is 0.100. The largest absolute Gasteiger partial charge is 0.493 e. The lowest BCUT2D eigenvalue weighted by Crippen LogP contribution is -2.27. The molecule has 13 heteroatoms. The van der Waals surface area contributed by atoms with Crippen LogP contribution < -0.4 is 8.92 Å². The van der Waals surface area contributed by atoms with Gasteiger partial charge < -0.3 is 8.92 Å². The number of amides is 2. The van der Waals surface area contributed by atoms with Gasteiger partial charge in [0.05, 0.1) is 27.1 Å². The summed E-state index contributed by atoms with van der Waals surface area (Å²) in [4.78, 5) is 36.8. The highest BCUT2D eigenvalue weighted by atomic mass is 127. The molecule has 0 atom stereocenters. The van der Waals surface area contributed by atoms with Gasteiger partial charge in [-0.15, -0.1) is 0 Å². The summed E-state index contributed by atoms with van der Waals surface area (Å²) >= 11 is 2.68. The molecule has 0 radical (unpaired) electrons. The van der Waals surface area contributed by atoms with Crippen LogP contribution >= 0.6 is 34.4 Å². The maximum absolute atomic E-state index is 12.9. The second-order valence-corrected chi connectivity index (χ2v) is 11.8. The molecule has 3 aromatic carbocycles. The lowest BCUT2D eigenvalue weighted by atomic mass is 10.1. The highest BCUT2D eigenvalue weighted by molar-refractivity contribution is 14.1. The van der Waals surface area contributed by atoms with Gasteiger partial charge in [-0.25, -0.2) is 0 Å². The van der Waals surface area contributed by atoms with Crippen LogP contribution in [-0.2, 0) is 21.5 Å². The third kappa shape index (κ3) is 6.00. The average molecular weight is 666 g/mol. The summed E-state index contributed by atoms with van der Waals surface area (Å²) < 4.78 is 36.6. The molecule has 1 fully saturated rings. The molecule has 0 aromatic heterocycles. The van der Waals surface area contributed by atoms with E-state index in [1.807, 2.05) is 53.8 Å². The molecule has 0 unspecified atom stereocenters. The predicted molar refractivity (Wildman–Crippen MR) is 149 cm³/mol. The molecular weight excluding hydrogens is 647 g/mol. The number of methoxy groups -OCH3 is 1. The van der Waals surface area contributed by atoms with Gasteiger partial charge in [-0.05, 0) is 82.7 Å². The van der Waals surface area contributed by atoms with Crippen molar-refractivity contribution >= 4 is 67.4 Å². The summed E-state index contributed by atoms with van der Waals surface area (Å²) in [6, 6.07) is 14.9. The molecule has 4 rings (SSSR count). The Morgan fingerprint density at radius 2 is 1.74 bits per heavy atom. The Hall–Kier alpha value is -3.43. The zero-order valence-electron chi connectivity index (χ0n) is 19.9. The van der Waals surface area contributed by atoms with Crippen molar-refractivity contribution in [3.63, 3.8) is 0 Å². The van der Waals surface area contributed by atoms with Crippen LogP contribution in [0.15, 0.2) is 70.5 Å². The van der Waals surface area contributed by atoms with Gasteiger partial charge in [-0.1, -0.05) is 29.8 Å². The van der Waals surface area contributed by atoms with Crippen molar-refractivity contribution in [1.82, 2.24) is 4.90 Å². The number of carbonyl (C=O) groups is 2. The van der Waals surface area contributed by atoms with E-state index in [0.717, 1.165) is 52.1 Å². The van der Waals surface area contributed by atoms with E-state index in [1.54, 1.807) is 6.07 Å². The van der Waals surface area contributed by atoms with Gasteiger partial charge in [0, 0.05) is 12.1 Å². The minimum atomic E-state index is -4.33. The van der Waals surface area contributed by atoms with Crippen molar-refractivity contribution in [3.05, 3.63) is 95.9 Å². The number of non-ortho nitro benzene ring substituents is 1. The van der Waals surface area contributed by atoms with Crippen molar-refractivity contribution < 1.29 is 31.9 Å². The van der Waals surface area contributed by atoms with Crippen molar-refractivity contribution in [2.45, 2.75) is 18.4 Å². The Morgan fingerprint density at radius 1 is 1.08 bits per heavy atom. The molecule has 196 valence electrons. The molecule has 2 amide bonds. The number of rotatable bonds is 8. The molecule has 1 aliphatic rings. The van der Waals surface area contributed by atoms with Crippen LogP contribution in [-0.4, -0.2) is 36.5 Å². The second-order valence-electron chi connectivity index (χ2n) is 8.08. The highest BCUT2D eigenvalue weighted by Gasteiger charge is 2.35. The number of nitro groups is 1. The Morgan fingerprint density at radius 3 is 2.34 bits per heavy atom. The first kappa shape index (κ1) is 27.6. The normalized spacial score (nSPS) is 14.7. The van der Waals surface area contributed by atoms with Gasteiger partial charge in [0.2, 0.25) is 0 Å². The third-order valence-corrected chi connectivity index (χ3v) is 8.36. The van der Waals surface area contributed by atoms with Crippen molar-refractivity contribution in [1.29, 1.82) is 0 Å². The number of thioether (sulfide) groups is 1. The van der Waals surface area contributed by atoms with E-state index in [9.17, 15) is 28.1 Å². The van der Waals surface area contributed by atoms with Gasteiger partial charge in [0.25, 0.3) is 16.8 Å². The van der Waals surface area contributed by atoms with Gasteiger partial charge in [-0.3, -0.25) is 24.6 Å². The molecule has 0 bridgehead atoms. The fourth-order valence-corrected chi connectivity index (χ4v) is 6.14. The van der Waals surface area contributed by atoms with E-state index in [1.165, 1.54) is 19.3 Å². The van der Waals surface area contributed by atoms with Crippen LogP contribution in [0.5, 0.6) is 11.5 Å². The van der Waals surface area contributed by atoms with E-state index in [2.05, 4.69) is 0 Å². The lowest BCUT2D eigenvalue weighted by molar-refractivity contribution is -0.384. The summed E-state index contributed by atoms with van der Waals surface area (Å²) in [6.07, 6.45) is 1.53. The van der Waals surface area contributed by atoms with Gasteiger partial charge in [0.15, 0.2) is 11.5 Å². The highest BCUT2D eigenvalue weighted by Crippen LogP contribution is 2.39. The maximum Gasteiger partial charge on any atom is 0.339 e. The topological polar surface area (TPSA) is 133 Å². The second kappa shape index (κ2) is 11.1. The number of nitro benzene ring substituents is 1. The number of halogens is 1. The number of aryl methyl sites for hydroxylation is 1. The smallest absolute Gasteiger partial charge is 0.339 e. The fraction of sp³-hybridized carbons (Fsp3) is 0.120. The summed E-state index contributed by atoms with van der Waals surface area (Å²) in [6.45, 7) is 2.10. The number of hydrogen-bond acceptors (Lipinski definition) is 9. The zero-order chi connectivity index (χ0) is 27.6. The van der Waals surface area contributed by atoms with Crippen LogP contribution in [0.3, 0.4) is 0 Å². The molecule has 10 nitrogen and oxygen atoms in total. The summed E-state index contributed by atoms with van der Waals surface area (Å²) in [5, 5.41) is 10.5. The molecule has 0 aliphatic carbocycles. The molecule has 1 aliphatic heterocycles. The monoisotopic (exact) mass is 666 g/mol.